The maximum absolute atomic E-state index is 11.2. The van der Waals surface area contributed by atoms with E-state index in [1.165, 1.54) is 0 Å². The average Bonchev–Trinajstić information content (AvgIpc) is 2.75. The second kappa shape index (κ2) is 5.86. The van der Waals surface area contributed by atoms with E-state index in [1.54, 1.807) is 10.7 Å². The van der Waals surface area contributed by atoms with Gasteiger partial charge in [-0.05, 0) is 19.8 Å². The zero-order chi connectivity index (χ0) is 15.6. The Balaban J connectivity index is 2.46. The van der Waals surface area contributed by atoms with Gasteiger partial charge in [0.05, 0.1) is 4.92 Å². The first-order chi connectivity index (χ1) is 9.96. The largest absolute Gasteiger partial charge is 0.384 e. The van der Waals surface area contributed by atoms with Gasteiger partial charge < -0.3 is 5.73 Å². The maximum atomic E-state index is 11.2. The lowest BCUT2D eigenvalue weighted by molar-refractivity contribution is -0.386. The number of aryl methyl sites for hydroxylation is 2. The lowest BCUT2D eigenvalue weighted by Gasteiger charge is -2.06. The molecule has 0 saturated carbocycles. The van der Waals surface area contributed by atoms with Crippen molar-refractivity contribution in [2.45, 2.75) is 40.2 Å². The van der Waals surface area contributed by atoms with Gasteiger partial charge in [-0.15, -0.1) is 0 Å². The molecular weight excluding hydrogens is 272 g/mol. The minimum atomic E-state index is -0.368. The Morgan fingerprint density at radius 2 is 2.05 bits per heavy atom. The van der Waals surface area contributed by atoms with Crippen LogP contribution in [0.1, 0.15) is 36.8 Å². The van der Waals surface area contributed by atoms with Crippen LogP contribution in [0.25, 0.3) is 0 Å². The molecule has 0 atom stereocenters. The molecule has 0 aromatic carbocycles. The van der Waals surface area contributed by atoms with E-state index in [0.717, 1.165) is 5.69 Å². The molecule has 2 rings (SSSR count). The summed E-state index contributed by atoms with van der Waals surface area (Å²) in [4.78, 5) is 19.3. The second-order valence-electron chi connectivity index (χ2n) is 4.71. The average molecular weight is 290 g/mol. The van der Waals surface area contributed by atoms with E-state index in [1.807, 2.05) is 20.8 Å². The van der Waals surface area contributed by atoms with E-state index in [2.05, 4.69) is 15.1 Å². The summed E-state index contributed by atoms with van der Waals surface area (Å²) >= 11 is 0. The van der Waals surface area contributed by atoms with Crippen LogP contribution in [0.3, 0.4) is 0 Å². The molecule has 21 heavy (non-hydrogen) atoms. The highest BCUT2D eigenvalue weighted by atomic mass is 16.6. The Kier molecular flexibility index (Phi) is 4.15. The van der Waals surface area contributed by atoms with Gasteiger partial charge >= 0.3 is 5.69 Å². The molecular formula is C13H18N6O2. The Hall–Kier alpha value is -2.51. The SMILES string of the molecule is CCc1nn(Cc2nc(C)cc(N)n2)c(CC)c1[N+](=O)[O-]. The Labute approximate surface area is 122 Å². The topological polar surface area (TPSA) is 113 Å². The zero-order valence-electron chi connectivity index (χ0n) is 12.3. The molecule has 2 aromatic heterocycles. The third-order valence-corrected chi connectivity index (χ3v) is 3.16. The predicted molar refractivity (Wildman–Crippen MR) is 77.9 cm³/mol. The summed E-state index contributed by atoms with van der Waals surface area (Å²) in [5.41, 5.74) is 7.63. The van der Waals surface area contributed by atoms with Crippen molar-refractivity contribution in [2.24, 2.45) is 0 Å². The summed E-state index contributed by atoms with van der Waals surface area (Å²) in [6.45, 7) is 5.81. The standard InChI is InChI=1S/C13H18N6O2/c1-4-9-13(19(20)21)10(5-2)18(17-9)7-12-15-8(3)6-11(14)16-12/h6H,4-5,7H2,1-3H3,(H2,14,15,16). The predicted octanol–water partition coefficient (Wildman–Crippen LogP) is 1.65. The molecule has 0 bridgehead atoms. The molecule has 0 aliphatic heterocycles. The zero-order valence-corrected chi connectivity index (χ0v) is 12.3. The smallest absolute Gasteiger partial charge is 0.313 e. The number of nitrogens with zero attached hydrogens (tertiary/aromatic N) is 5. The number of hydrogen-bond acceptors (Lipinski definition) is 6. The fourth-order valence-corrected chi connectivity index (χ4v) is 2.33. The van der Waals surface area contributed by atoms with Gasteiger partial charge in [-0.3, -0.25) is 14.8 Å². The molecule has 8 heteroatoms. The molecule has 2 aromatic rings. The van der Waals surface area contributed by atoms with Crippen LogP contribution in [0.15, 0.2) is 6.07 Å². The number of hydrogen-bond donors (Lipinski definition) is 1. The van der Waals surface area contributed by atoms with Crippen LogP contribution in [0.4, 0.5) is 11.5 Å². The van der Waals surface area contributed by atoms with Crippen molar-refractivity contribution in [1.82, 2.24) is 19.7 Å². The first-order valence-corrected chi connectivity index (χ1v) is 6.79. The van der Waals surface area contributed by atoms with Crippen molar-refractivity contribution >= 4 is 11.5 Å². The van der Waals surface area contributed by atoms with Gasteiger partial charge in [-0.1, -0.05) is 13.8 Å². The number of nitrogen functional groups attached to an aromatic ring is 1. The second-order valence-corrected chi connectivity index (χ2v) is 4.71. The summed E-state index contributed by atoms with van der Waals surface area (Å²) in [6.07, 6.45) is 1.03. The lowest BCUT2D eigenvalue weighted by atomic mass is 10.2. The third-order valence-electron chi connectivity index (χ3n) is 3.16. The summed E-state index contributed by atoms with van der Waals surface area (Å²) in [7, 11) is 0. The van der Waals surface area contributed by atoms with Gasteiger partial charge in [0.15, 0.2) is 5.82 Å². The number of nitro groups is 1. The minimum Gasteiger partial charge on any atom is -0.384 e. The molecule has 0 spiro atoms. The molecule has 0 unspecified atom stereocenters. The molecule has 0 saturated heterocycles. The van der Waals surface area contributed by atoms with Gasteiger partial charge in [0.2, 0.25) is 0 Å². The number of aromatic nitrogens is 4. The molecule has 0 fully saturated rings. The summed E-state index contributed by atoms with van der Waals surface area (Å²) in [5, 5.41) is 15.6. The van der Waals surface area contributed by atoms with Crippen LogP contribution in [-0.2, 0) is 19.4 Å². The summed E-state index contributed by atoms with van der Waals surface area (Å²) in [5.74, 6) is 0.884. The quantitative estimate of drug-likeness (QED) is 0.661. The van der Waals surface area contributed by atoms with E-state index in [9.17, 15) is 10.1 Å². The normalized spacial score (nSPS) is 10.8. The van der Waals surface area contributed by atoms with Crippen LogP contribution in [-0.4, -0.2) is 24.7 Å². The molecule has 112 valence electrons. The van der Waals surface area contributed by atoms with Crippen molar-refractivity contribution in [2.75, 3.05) is 5.73 Å². The fourth-order valence-electron chi connectivity index (χ4n) is 2.33. The molecule has 8 nitrogen and oxygen atoms in total. The van der Waals surface area contributed by atoms with Crippen LogP contribution < -0.4 is 5.73 Å². The maximum Gasteiger partial charge on any atom is 0.313 e. The number of anilines is 1. The Morgan fingerprint density at radius 3 is 2.57 bits per heavy atom. The fraction of sp³-hybridized carbons (Fsp3) is 0.462. The van der Waals surface area contributed by atoms with E-state index < -0.39 is 0 Å². The first-order valence-electron chi connectivity index (χ1n) is 6.79. The number of nitrogens with two attached hydrogens (primary N) is 1. The van der Waals surface area contributed by atoms with Crippen molar-refractivity contribution in [1.29, 1.82) is 0 Å². The molecule has 0 amide bonds. The Morgan fingerprint density at radius 1 is 1.33 bits per heavy atom. The monoisotopic (exact) mass is 290 g/mol. The molecule has 0 aliphatic carbocycles. The van der Waals surface area contributed by atoms with Crippen LogP contribution in [0.2, 0.25) is 0 Å². The van der Waals surface area contributed by atoms with Gasteiger partial charge in [0, 0.05) is 11.8 Å². The highest BCUT2D eigenvalue weighted by Crippen LogP contribution is 2.25. The third kappa shape index (κ3) is 2.99. The molecule has 2 heterocycles. The minimum absolute atomic E-state index is 0.0978. The molecule has 0 radical (unpaired) electrons. The molecule has 0 aliphatic rings. The van der Waals surface area contributed by atoms with Gasteiger partial charge in [-0.25, -0.2) is 9.97 Å². The molecule has 2 N–H and O–H groups in total. The van der Waals surface area contributed by atoms with E-state index in [4.69, 9.17) is 5.73 Å². The number of rotatable bonds is 5. The van der Waals surface area contributed by atoms with Gasteiger partial charge in [-0.2, -0.15) is 5.10 Å². The van der Waals surface area contributed by atoms with Gasteiger partial charge in [0.1, 0.15) is 23.8 Å². The summed E-state index contributed by atoms with van der Waals surface area (Å²) in [6, 6.07) is 1.67. The van der Waals surface area contributed by atoms with Crippen LogP contribution in [0, 0.1) is 17.0 Å². The van der Waals surface area contributed by atoms with Gasteiger partial charge in [0.25, 0.3) is 0 Å². The van der Waals surface area contributed by atoms with E-state index in [-0.39, 0.29) is 17.2 Å². The van der Waals surface area contributed by atoms with Crippen LogP contribution >= 0.6 is 0 Å². The van der Waals surface area contributed by atoms with Crippen molar-refractivity contribution < 1.29 is 4.92 Å². The van der Waals surface area contributed by atoms with Crippen LogP contribution in [0.5, 0.6) is 0 Å². The highest BCUT2D eigenvalue weighted by molar-refractivity contribution is 5.41. The first kappa shape index (κ1) is 14.9. The van der Waals surface area contributed by atoms with E-state index >= 15 is 0 Å². The van der Waals surface area contributed by atoms with E-state index in [0.29, 0.717) is 35.9 Å². The Bertz CT molecular complexity index is 659. The highest BCUT2D eigenvalue weighted by Gasteiger charge is 2.25. The van der Waals surface area contributed by atoms with Crippen molar-refractivity contribution in [3.05, 3.63) is 39.1 Å². The van der Waals surface area contributed by atoms with Crippen molar-refractivity contribution in [3.63, 3.8) is 0 Å². The lowest BCUT2D eigenvalue weighted by Crippen LogP contribution is -2.11. The van der Waals surface area contributed by atoms with Crippen molar-refractivity contribution in [3.8, 4) is 0 Å². The summed E-state index contributed by atoms with van der Waals surface area (Å²) < 4.78 is 1.60.